The van der Waals surface area contributed by atoms with Crippen LogP contribution in [0.15, 0.2) is 54.5 Å². The van der Waals surface area contributed by atoms with Gasteiger partial charge in [0.1, 0.15) is 0 Å². The van der Waals surface area contributed by atoms with E-state index in [4.69, 9.17) is 0 Å². The van der Waals surface area contributed by atoms with Crippen molar-refractivity contribution in [3.05, 3.63) is 54.5 Å². The molecule has 0 saturated heterocycles. The molecule has 0 aliphatic carbocycles. The fourth-order valence-corrected chi connectivity index (χ4v) is 1.26. The first kappa shape index (κ1) is 7.29. The first-order valence-corrected chi connectivity index (χ1v) is 4.07. The Morgan fingerprint density at radius 3 is 2.17 bits per heavy atom. The van der Waals surface area contributed by atoms with E-state index in [1.807, 2.05) is 12.1 Å². The van der Waals surface area contributed by atoms with Crippen molar-refractivity contribution in [3.63, 3.8) is 0 Å². The Morgan fingerprint density at radius 1 is 0.750 bits per heavy atom. The zero-order valence-corrected chi connectivity index (χ0v) is 6.77. The summed E-state index contributed by atoms with van der Waals surface area (Å²) >= 11 is 0. The second kappa shape index (κ2) is 3.35. The minimum absolute atomic E-state index is 1.28. The normalized spacial score (nSPS) is 9.33. The molecule has 0 saturated carbocycles. The van der Waals surface area contributed by atoms with Crippen molar-refractivity contribution < 1.29 is 0 Å². The van der Waals surface area contributed by atoms with Gasteiger partial charge in [-0.05, 0) is 0 Å². The molecule has 2 aromatic rings. The molecule has 1 heteroatoms. The third-order valence-corrected chi connectivity index (χ3v) is 1.88. The molecule has 1 aromatic heterocycles. The fourth-order valence-electron chi connectivity index (χ4n) is 1.26. The van der Waals surface area contributed by atoms with Crippen molar-refractivity contribution in [3.8, 4) is 11.0 Å². The van der Waals surface area contributed by atoms with Crippen LogP contribution in [0.5, 0.6) is 0 Å². The summed E-state index contributed by atoms with van der Waals surface area (Å²) in [5.41, 5.74) is 2.55. The Hall–Kier alpha value is -1.37. The SMILES string of the molecule is b1ccccc1-c1ccccc1. The average molecular weight is 152 g/mol. The number of benzene rings is 1. The summed E-state index contributed by atoms with van der Waals surface area (Å²) in [6.45, 7) is 2.12. The molecule has 0 aliphatic heterocycles. The molecule has 1 heterocycles. The second-order valence-electron chi connectivity index (χ2n) is 2.73. The van der Waals surface area contributed by atoms with E-state index >= 15 is 0 Å². The van der Waals surface area contributed by atoms with Crippen LogP contribution in [0.3, 0.4) is 0 Å². The molecule has 0 amide bonds. The van der Waals surface area contributed by atoms with Gasteiger partial charge >= 0.3 is 72.4 Å². The monoisotopic (exact) mass is 152 g/mol. The van der Waals surface area contributed by atoms with Gasteiger partial charge in [-0.2, -0.15) is 0 Å². The maximum atomic E-state index is 2.12. The minimum atomic E-state index is 1.28. The molecular weight excluding hydrogens is 143 g/mol. The van der Waals surface area contributed by atoms with Gasteiger partial charge in [0, 0.05) is 0 Å². The van der Waals surface area contributed by atoms with E-state index in [-0.39, 0.29) is 0 Å². The number of rotatable bonds is 1. The molecule has 0 fully saturated rings. The molecule has 0 N–H and O–H groups in total. The quantitative estimate of drug-likeness (QED) is 0.589. The van der Waals surface area contributed by atoms with E-state index in [1.165, 1.54) is 11.0 Å². The van der Waals surface area contributed by atoms with E-state index in [1.54, 1.807) is 0 Å². The predicted molar refractivity (Wildman–Crippen MR) is 53.2 cm³/mol. The zero-order valence-electron chi connectivity index (χ0n) is 6.77. The summed E-state index contributed by atoms with van der Waals surface area (Å²) < 4.78 is 0. The molecule has 1 aromatic carbocycles. The average Bonchev–Trinajstić information content (AvgIpc) is 2.21. The molecular formula is C11H9B. The van der Waals surface area contributed by atoms with E-state index in [2.05, 4.69) is 49.3 Å². The molecule has 2 rings (SSSR count). The van der Waals surface area contributed by atoms with Crippen LogP contribution in [-0.4, -0.2) is 6.91 Å². The zero-order chi connectivity index (χ0) is 8.23. The van der Waals surface area contributed by atoms with Crippen molar-refractivity contribution in [1.29, 1.82) is 0 Å². The number of hydrogen-bond donors (Lipinski definition) is 0. The van der Waals surface area contributed by atoms with Crippen LogP contribution in [0, 0.1) is 0 Å². The van der Waals surface area contributed by atoms with Gasteiger partial charge in [-0.1, -0.05) is 0 Å². The van der Waals surface area contributed by atoms with Gasteiger partial charge in [-0.3, -0.25) is 0 Å². The van der Waals surface area contributed by atoms with Gasteiger partial charge in [0.2, 0.25) is 0 Å². The van der Waals surface area contributed by atoms with Crippen molar-refractivity contribution in [2.75, 3.05) is 0 Å². The Kier molecular flexibility index (Phi) is 2.04. The number of hydrogen-bond acceptors (Lipinski definition) is 0. The van der Waals surface area contributed by atoms with Gasteiger partial charge in [0.15, 0.2) is 0 Å². The summed E-state index contributed by atoms with van der Waals surface area (Å²) in [5, 5.41) is 0. The molecule has 12 heavy (non-hydrogen) atoms. The predicted octanol–water partition coefficient (Wildman–Crippen LogP) is 2.69. The molecule has 0 spiro atoms. The summed E-state index contributed by atoms with van der Waals surface area (Å²) in [6, 6.07) is 16.6. The van der Waals surface area contributed by atoms with Gasteiger partial charge in [0.25, 0.3) is 0 Å². The fraction of sp³-hybridized carbons (Fsp3) is 0. The molecule has 0 aliphatic rings. The molecule has 0 bridgehead atoms. The Bertz CT molecular complexity index is 302. The standard InChI is InChI=1S/C11H9B/c1-2-6-10(7-3-1)11-8-4-5-9-12-11/h1-9H. The van der Waals surface area contributed by atoms with Crippen LogP contribution < -0.4 is 0 Å². The third-order valence-electron chi connectivity index (χ3n) is 1.88. The second-order valence-corrected chi connectivity index (χ2v) is 2.73. The first-order valence-electron chi connectivity index (χ1n) is 4.07. The van der Waals surface area contributed by atoms with Crippen LogP contribution in [0.4, 0.5) is 0 Å². The van der Waals surface area contributed by atoms with Crippen LogP contribution in [0.25, 0.3) is 11.0 Å². The molecule has 0 atom stereocenters. The first-order chi connectivity index (χ1) is 5.97. The van der Waals surface area contributed by atoms with Gasteiger partial charge < -0.3 is 0 Å². The molecule has 0 nitrogen and oxygen atoms in total. The van der Waals surface area contributed by atoms with Crippen molar-refractivity contribution in [2.24, 2.45) is 0 Å². The third kappa shape index (κ3) is 1.45. The van der Waals surface area contributed by atoms with Gasteiger partial charge in [-0.15, -0.1) is 0 Å². The van der Waals surface area contributed by atoms with Crippen LogP contribution >= 0.6 is 0 Å². The van der Waals surface area contributed by atoms with Gasteiger partial charge in [0.05, 0.1) is 0 Å². The Balaban J connectivity index is 2.46. The van der Waals surface area contributed by atoms with E-state index < -0.39 is 0 Å². The Labute approximate surface area is 73.1 Å². The Morgan fingerprint density at radius 2 is 1.50 bits per heavy atom. The molecule has 0 radical (unpaired) electrons. The summed E-state index contributed by atoms with van der Waals surface area (Å²) in [7, 11) is 0. The van der Waals surface area contributed by atoms with Crippen LogP contribution in [0.2, 0.25) is 0 Å². The molecule has 0 unspecified atom stereocenters. The summed E-state index contributed by atoms with van der Waals surface area (Å²) in [6.07, 6.45) is 0. The van der Waals surface area contributed by atoms with Crippen molar-refractivity contribution in [1.82, 2.24) is 0 Å². The topological polar surface area (TPSA) is 0 Å². The van der Waals surface area contributed by atoms with E-state index in [0.29, 0.717) is 0 Å². The molecule has 56 valence electrons. The van der Waals surface area contributed by atoms with Crippen molar-refractivity contribution >= 4 is 6.91 Å². The maximum absolute atomic E-state index is 2.12. The van der Waals surface area contributed by atoms with E-state index in [9.17, 15) is 0 Å². The summed E-state index contributed by atoms with van der Waals surface area (Å²) in [4.78, 5) is 0. The van der Waals surface area contributed by atoms with Crippen LogP contribution in [0.1, 0.15) is 0 Å². The van der Waals surface area contributed by atoms with Crippen LogP contribution in [-0.2, 0) is 0 Å². The van der Waals surface area contributed by atoms with E-state index in [0.717, 1.165) is 0 Å². The van der Waals surface area contributed by atoms with Crippen molar-refractivity contribution in [2.45, 2.75) is 0 Å². The summed E-state index contributed by atoms with van der Waals surface area (Å²) in [5.74, 6) is 2.06. The van der Waals surface area contributed by atoms with Gasteiger partial charge in [-0.25, -0.2) is 0 Å².